The van der Waals surface area contributed by atoms with Gasteiger partial charge in [-0.2, -0.15) is 0 Å². The Bertz CT molecular complexity index is 759. The first-order valence-electron chi connectivity index (χ1n) is 10.8. The average molecular weight is 416 g/mol. The molecule has 0 amide bonds. The van der Waals surface area contributed by atoms with Gasteiger partial charge in [0.25, 0.3) is 0 Å². The van der Waals surface area contributed by atoms with E-state index in [-0.39, 0.29) is 6.10 Å². The van der Waals surface area contributed by atoms with E-state index in [1.807, 2.05) is 26.0 Å². The van der Waals surface area contributed by atoms with Crippen molar-refractivity contribution in [3.05, 3.63) is 53.6 Å². The second kappa shape index (κ2) is 10.9. The lowest BCUT2D eigenvalue weighted by Crippen LogP contribution is -2.36. The second-order valence-electron chi connectivity index (χ2n) is 7.31. The number of nitrogens with one attached hydrogen (secondary N) is 1. The molecule has 158 valence electrons. The molecule has 2 aromatic rings. The molecule has 0 aromatic heterocycles. The van der Waals surface area contributed by atoms with Gasteiger partial charge in [-0.05, 0) is 67.1 Å². The van der Waals surface area contributed by atoms with Crippen LogP contribution in [0, 0.1) is 5.92 Å². The van der Waals surface area contributed by atoms with Gasteiger partial charge < -0.3 is 19.3 Å². The zero-order valence-corrected chi connectivity index (χ0v) is 18.5. The lowest BCUT2D eigenvalue weighted by molar-refractivity contribution is -0.0151. The first-order chi connectivity index (χ1) is 14.2. The van der Waals surface area contributed by atoms with Crippen LogP contribution in [0.4, 0.5) is 5.69 Å². The van der Waals surface area contributed by atoms with Crippen LogP contribution in [0.3, 0.4) is 0 Å². The predicted molar refractivity (Wildman–Crippen MR) is 121 cm³/mol. The molecule has 5 heteroatoms. The summed E-state index contributed by atoms with van der Waals surface area (Å²) in [6.45, 7) is 7.76. The standard InChI is InChI=1S/C22H27NO3S.C2H6/c1-2-15-3-5-17(6-4-15)23-27-18-7-8-21-19(13-18)20(24)14-22(26-21)16-9-11-25-12-10-16;1-2/h3-8,13,16,20,22-24H,2,9-12,14H2,1H3;1-2H3. The number of hydrogen-bond acceptors (Lipinski definition) is 5. The van der Waals surface area contributed by atoms with Gasteiger partial charge in [0.15, 0.2) is 0 Å². The fourth-order valence-electron chi connectivity index (χ4n) is 3.82. The summed E-state index contributed by atoms with van der Waals surface area (Å²) in [6, 6.07) is 14.6. The third-order valence-corrected chi connectivity index (χ3v) is 6.34. The lowest BCUT2D eigenvalue weighted by atomic mass is 9.87. The van der Waals surface area contributed by atoms with E-state index in [1.165, 1.54) is 5.56 Å². The predicted octanol–water partition coefficient (Wildman–Crippen LogP) is 6.01. The summed E-state index contributed by atoms with van der Waals surface area (Å²) in [6.07, 6.45) is 3.36. The van der Waals surface area contributed by atoms with Crippen molar-refractivity contribution in [2.75, 3.05) is 17.9 Å². The molecule has 29 heavy (non-hydrogen) atoms. The molecule has 2 N–H and O–H groups in total. The Morgan fingerprint density at radius 1 is 1.07 bits per heavy atom. The van der Waals surface area contributed by atoms with Crippen LogP contribution in [0.5, 0.6) is 5.75 Å². The minimum absolute atomic E-state index is 0.0881. The molecular weight excluding hydrogens is 382 g/mol. The van der Waals surface area contributed by atoms with Crippen molar-refractivity contribution in [2.45, 2.75) is 63.6 Å². The Morgan fingerprint density at radius 3 is 2.48 bits per heavy atom. The van der Waals surface area contributed by atoms with Gasteiger partial charge in [0, 0.05) is 41.7 Å². The Kier molecular flexibility index (Phi) is 8.28. The van der Waals surface area contributed by atoms with Crippen LogP contribution in [0.2, 0.25) is 0 Å². The van der Waals surface area contributed by atoms with Crippen LogP contribution >= 0.6 is 11.9 Å². The number of ether oxygens (including phenoxy) is 2. The van der Waals surface area contributed by atoms with Crippen LogP contribution in [-0.2, 0) is 11.2 Å². The summed E-state index contributed by atoms with van der Waals surface area (Å²) in [5, 5.41) is 10.7. The van der Waals surface area contributed by atoms with E-state index in [2.05, 4.69) is 42.0 Å². The zero-order valence-electron chi connectivity index (χ0n) is 17.7. The van der Waals surface area contributed by atoms with E-state index < -0.39 is 6.10 Å². The van der Waals surface area contributed by atoms with Crippen molar-refractivity contribution in [1.29, 1.82) is 0 Å². The van der Waals surface area contributed by atoms with Gasteiger partial charge in [-0.15, -0.1) is 0 Å². The number of hydrogen-bond donors (Lipinski definition) is 2. The summed E-state index contributed by atoms with van der Waals surface area (Å²) >= 11 is 1.56. The van der Waals surface area contributed by atoms with Crippen molar-refractivity contribution in [1.82, 2.24) is 0 Å². The molecule has 2 aromatic carbocycles. The highest BCUT2D eigenvalue weighted by Crippen LogP contribution is 2.40. The van der Waals surface area contributed by atoms with E-state index in [4.69, 9.17) is 9.47 Å². The monoisotopic (exact) mass is 415 g/mol. The minimum atomic E-state index is -0.467. The van der Waals surface area contributed by atoms with E-state index in [0.29, 0.717) is 12.3 Å². The van der Waals surface area contributed by atoms with Crippen molar-refractivity contribution >= 4 is 17.6 Å². The SMILES string of the molecule is CC.CCc1ccc(NSc2ccc3c(c2)C(O)CC(C2CCOCC2)O3)cc1. The van der Waals surface area contributed by atoms with Crippen LogP contribution in [0.25, 0.3) is 0 Å². The Labute approximate surface area is 179 Å². The van der Waals surface area contributed by atoms with Crippen LogP contribution in [0.1, 0.15) is 57.3 Å². The van der Waals surface area contributed by atoms with Crippen LogP contribution in [0.15, 0.2) is 47.4 Å². The van der Waals surface area contributed by atoms with Gasteiger partial charge in [-0.25, -0.2) is 0 Å². The van der Waals surface area contributed by atoms with Crippen molar-refractivity contribution in [2.24, 2.45) is 5.92 Å². The molecule has 0 spiro atoms. The van der Waals surface area contributed by atoms with E-state index in [1.54, 1.807) is 11.9 Å². The molecule has 0 aliphatic carbocycles. The summed E-state index contributed by atoms with van der Waals surface area (Å²) < 4.78 is 15.1. The fourth-order valence-corrected chi connectivity index (χ4v) is 4.51. The Morgan fingerprint density at radius 2 is 1.79 bits per heavy atom. The van der Waals surface area contributed by atoms with Gasteiger partial charge in [0.05, 0.1) is 6.10 Å². The molecule has 4 nitrogen and oxygen atoms in total. The van der Waals surface area contributed by atoms with Crippen LogP contribution in [-0.4, -0.2) is 24.4 Å². The topological polar surface area (TPSA) is 50.7 Å². The zero-order chi connectivity index (χ0) is 20.6. The third-order valence-electron chi connectivity index (χ3n) is 5.51. The highest BCUT2D eigenvalue weighted by molar-refractivity contribution is 8.00. The second-order valence-corrected chi connectivity index (χ2v) is 8.19. The largest absolute Gasteiger partial charge is 0.490 e. The molecule has 2 aliphatic rings. The first kappa shape index (κ1) is 22.0. The number of aliphatic hydroxyl groups is 1. The molecule has 0 bridgehead atoms. The molecule has 1 fully saturated rings. The quantitative estimate of drug-likeness (QED) is 0.586. The molecule has 1 saturated heterocycles. The molecule has 2 aliphatic heterocycles. The lowest BCUT2D eigenvalue weighted by Gasteiger charge is -2.36. The number of aryl methyl sites for hydroxylation is 1. The van der Waals surface area contributed by atoms with Crippen molar-refractivity contribution in [3.8, 4) is 5.75 Å². The Balaban J connectivity index is 0.00000117. The number of fused-ring (bicyclic) bond motifs is 1. The maximum atomic E-state index is 10.7. The molecule has 0 saturated carbocycles. The summed E-state index contributed by atoms with van der Waals surface area (Å²) in [4.78, 5) is 1.07. The summed E-state index contributed by atoms with van der Waals surface area (Å²) in [7, 11) is 0. The highest BCUT2D eigenvalue weighted by atomic mass is 32.2. The van der Waals surface area contributed by atoms with E-state index >= 15 is 0 Å². The number of rotatable bonds is 5. The van der Waals surface area contributed by atoms with Gasteiger partial charge in [-0.3, -0.25) is 0 Å². The average Bonchev–Trinajstić information content (AvgIpc) is 2.80. The van der Waals surface area contributed by atoms with Gasteiger partial charge >= 0.3 is 0 Å². The van der Waals surface area contributed by atoms with Gasteiger partial charge in [-0.1, -0.05) is 32.9 Å². The van der Waals surface area contributed by atoms with E-state index in [0.717, 1.165) is 54.4 Å². The maximum Gasteiger partial charge on any atom is 0.125 e. The maximum absolute atomic E-state index is 10.7. The number of benzene rings is 2. The molecule has 0 radical (unpaired) electrons. The normalized spacial score (nSPS) is 21.4. The Hall–Kier alpha value is -1.69. The molecule has 2 heterocycles. The van der Waals surface area contributed by atoms with E-state index in [9.17, 15) is 5.11 Å². The van der Waals surface area contributed by atoms with Crippen LogP contribution < -0.4 is 9.46 Å². The molecule has 2 atom stereocenters. The fraction of sp³-hybridized carbons (Fsp3) is 0.500. The first-order valence-corrected chi connectivity index (χ1v) is 11.6. The minimum Gasteiger partial charge on any atom is -0.490 e. The third kappa shape index (κ3) is 5.68. The summed E-state index contributed by atoms with van der Waals surface area (Å²) in [5.41, 5.74) is 3.30. The smallest absolute Gasteiger partial charge is 0.125 e. The molecular formula is C24H33NO3S. The van der Waals surface area contributed by atoms with Gasteiger partial charge in [0.2, 0.25) is 0 Å². The number of aliphatic hydroxyl groups excluding tert-OH is 1. The molecule has 4 rings (SSSR count). The van der Waals surface area contributed by atoms with Gasteiger partial charge in [0.1, 0.15) is 11.9 Å². The van der Waals surface area contributed by atoms with Crippen molar-refractivity contribution < 1.29 is 14.6 Å². The highest BCUT2D eigenvalue weighted by Gasteiger charge is 2.33. The summed E-state index contributed by atoms with van der Waals surface area (Å²) in [5.74, 6) is 1.30. The number of anilines is 1. The molecule has 2 unspecified atom stereocenters. The van der Waals surface area contributed by atoms with Crippen molar-refractivity contribution in [3.63, 3.8) is 0 Å².